The van der Waals surface area contributed by atoms with Gasteiger partial charge < -0.3 is 14.6 Å². The first-order valence-electron chi connectivity index (χ1n) is 8.14. The molecule has 142 valence electrons. The highest BCUT2D eigenvalue weighted by Crippen LogP contribution is 2.30. The molecule has 0 fully saturated rings. The van der Waals surface area contributed by atoms with Crippen LogP contribution in [0.2, 0.25) is 0 Å². The third-order valence-electron chi connectivity index (χ3n) is 4.41. The molecule has 1 unspecified atom stereocenters. The summed E-state index contributed by atoms with van der Waals surface area (Å²) >= 11 is 0. The van der Waals surface area contributed by atoms with Crippen LogP contribution in [0, 0.1) is 13.8 Å². The van der Waals surface area contributed by atoms with E-state index in [1.807, 2.05) is 13.8 Å². The number of hydrogen-bond acceptors (Lipinski definition) is 5. The molecule has 2 aromatic carbocycles. The Kier molecular flexibility index (Phi) is 6.28. The van der Waals surface area contributed by atoms with Crippen LogP contribution in [0.5, 0.6) is 11.5 Å². The molecule has 0 saturated heterocycles. The quantitative estimate of drug-likeness (QED) is 0.800. The second-order valence-electron chi connectivity index (χ2n) is 6.16. The van der Waals surface area contributed by atoms with Gasteiger partial charge in [-0.3, -0.25) is 0 Å². The number of sulfonamides is 1. The summed E-state index contributed by atoms with van der Waals surface area (Å²) in [5, 5.41) is 10.5. The average Bonchev–Trinajstić information content (AvgIpc) is 2.62. The van der Waals surface area contributed by atoms with Crippen LogP contribution in [0.4, 0.5) is 0 Å². The molecule has 0 aliphatic carbocycles. The van der Waals surface area contributed by atoms with E-state index in [0.717, 1.165) is 15.4 Å². The van der Waals surface area contributed by atoms with Crippen LogP contribution in [0.25, 0.3) is 0 Å². The molecule has 26 heavy (non-hydrogen) atoms. The largest absolute Gasteiger partial charge is 0.493 e. The molecule has 6 nitrogen and oxygen atoms in total. The predicted octanol–water partition coefficient (Wildman–Crippen LogP) is 2.67. The standard InChI is InChI=1S/C19H25NO5S/c1-13-6-8-16(10-14(13)2)26(22,23)20(3)12-17(21)15-7-9-18(24-4)19(11-15)25-5/h6-11,17,21H,12H2,1-5H3. The van der Waals surface area contributed by atoms with Crippen molar-refractivity contribution < 1.29 is 23.0 Å². The molecular weight excluding hydrogens is 354 g/mol. The topological polar surface area (TPSA) is 76.1 Å². The van der Waals surface area contributed by atoms with E-state index in [2.05, 4.69) is 0 Å². The van der Waals surface area contributed by atoms with Crippen molar-refractivity contribution in [3.8, 4) is 11.5 Å². The van der Waals surface area contributed by atoms with Gasteiger partial charge in [0.25, 0.3) is 0 Å². The maximum atomic E-state index is 12.8. The number of aliphatic hydroxyl groups is 1. The molecule has 7 heteroatoms. The normalized spacial score (nSPS) is 12.9. The fourth-order valence-corrected chi connectivity index (χ4v) is 3.82. The van der Waals surface area contributed by atoms with Crippen molar-refractivity contribution in [2.75, 3.05) is 27.8 Å². The lowest BCUT2D eigenvalue weighted by Gasteiger charge is -2.22. The summed E-state index contributed by atoms with van der Waals surface area (Å²) in [5.74, 6) is 1.02. The molecule has 0 saturated carbocycles. The highest BCUT2D eigenvalue weighted by molar-refractivity contribution is 7.89. The van der Waals surface area contributed by atoms with Crippen molar-refractivity contribution in [3.63, 3.8) is 0 Å². The van der Waals surface area contributed by atoms with Gasteiger partial charge >= 0.3 is 0 Å². The van der Waals surface area contributed by atoms with E-state index in [4.69, 9.17) is 9.47 Å². The fraction of sp³-hybridized carbons (Fsp3) is 0.368. The van der Waals surface area contributed by atoms with E-state index in [1.54, 1.807) is 36.4 Å². The third kappa shape index (κ3) is 4.17. The van der Waals surface area contributed by atoms with Gasteiger partial charge in [-0.1, -0.05) is 12.1 Å². The molecule has 1 N–H and O–H groups in total. The van der Waals surface area contributed by atoms with Crippen molar-refractivity contribution in [1.29, 1.82) is 0 Å². The molecule has 0 amide bonds. The van der Waals surface area contributed by atoms with Gasteiger partial charge in [0.1, 0.15) is 0 Å². The van der Waals surface area contributed by atoms with E-state index in [-0.39, 0.29) is 11.4 Å². The molecule has 0 aliphatic heterocycles. The van der Waals surface area contributed by atoms with Crippen molar-refractivity contribution in [2.45, 2.75) is 24.8 Å². The highest BCUT2D eigenvalue weighted by atomic mass is 32.2. The van der Waals surface area contributed by atoms with Crippen LogP contribution in [0.3, 0.4) is 0 Å². The lowest BCUT2D eigenvalue weighted by molar-refractivity contribution is 0.154. The minimum atomic E-state index is -3.69. The van der Waals surface area contributed by atoms with E-state index in [9.17, 15) is 13.5 Å². The van der Waals surface area contributed by atoms with Crippen molar-refractivity contribution in [2.24, 2.45) is 0 Å². The number of ether oxygens (including phenoxy) is 2. The van der Waals surface area contributed by atoms with Crippen LogP contribution < -0.4 is 9.47 Å². The molecule has 0 aliphatic rings. The lowest BCUT2D eigenvalue weighted by Crippen LogP contribution is -2.31. The molecule has 0 spiro atoms. The summed E-state index contributed by atoms with van der Waals surface area (Å²) in [4.78, 5) is 0.211. The Morgan fingerprint density at radius 2 is 1.65 bits per heavy atom. The minimum absolute atomic E-state index is 0.0786. The molecular formula is C19H25NO5S. The number of aliphatic hydroxyl groups excluding tert-OH is 1. The zero-order valence-electron chi connectivity index (χ0n) is 15.7. The summed E-state index contributed by atoms with van der Waals surface area (Å²) in [5.41, 5.74) is 2.47. The number of benzene rings is 2. The highest BCUT2D eigenvalue weighted by Gasteiger charge is 2.24. The van der Waals surface area contributed by atoms with E-state index in [1.165, 1.54) is 21.3 Å². The molecule has 0 heterocycles. The van der Waals surface area contributed by atoms with Crippen LogP contribution in [-0.4, -0.2) is 45.6 Å². The summed E-state index contributed by atoms with van der Waals surface area (Å²) < 4.78 is 37.1. The zero-order valence-corrected chi connectivity index (χ0v) is 16.5. The smallest absolute Gasteiger partial charge is 0.242 e. The van der Waals surface area contributed by atoms with Crippen LogP contribution >= 0.6 is 0 Å². The Morgan fingerprint density at radius 3 is 2.23 bits per heavy atom. The number of aryl methyl sites for hydroxylation is 2. The second-order valence-corrected chi connectivity index (χ2v) is 8.21. The Hall–Kier alpha value is -2.09. The molecule has 0 radical (unpaired) electrons. The second kappa shape index (κ2) is 8.07. The maximum Gasteiger partial charge on any atom is 0.242 e. The SMILES string of the molecule is COc1ccc(C(O)CN(C)S(=O)(=O)c2ccc(C)c(C)c2)cc1OC. The maximum absolute atomic E-state index is 12.8. The molecule has 0 bridgehead atoms. The van der Waals surface area contributed by atoms with E-state index < -0.39 is 16.1 Å². The van der Waals surface area contributed by atoms with Crippen LogP contribution in [0.15, 0.2) is 41.3 Å². The van der Waals surface area contributed by atoms with Crippen molar-refractivity contribution in [1.82, 2.24) is 4.31 Å². The molecule has 0 aromatic heterocycles. The lowest BCUT2D eigenvalue weighted by atomic mass is 10.1. The molecule has 2 aromatic rings. The fourth-order valence-electron chi connectivity index (χ4n) is 2.56. The summed E-state index contributed by atoms with van der Waals surface area (Å²) in [7, 11) is 0.790. The van der Waals surface area contributed by atoms with Crippen LogP contribution in [-0.2, 0) is 10.0 Å². The van der Waals surface area contributed by atoms with Crippen molar-refractivity contribution >= 4 is 10.0 Å². The predicted molar refractivity (Wildman–Crippen MR) is 100 cm³/mol. The first-order chi connectivity index (χ1) is 12.2. The first kappa shape index (κ1) is 20.2. The monoisotopic (exact) mass is 379 g/mol. The van der Waals surface area contributed by atoms with Gasteiger partial charge in [0.15, 0.2) is 11.5 Å². The van der Waals surface area contributed by atoms with Crippen molar-refractivity contribution in [3.05, 3.63) is 53.1 Å². The zero-order chi connectivity index (χ0) is 19.5. The third-order valence-corrected chi connectivity index (χ3v) is 6.23. The van der Waals surface area contributed by atoms with E-state index >= 15 is 0 Å². The minimum Gasteiger partial charge on any atom is -0.493 e. The van der Waals surface area contributed by atoms with Gasteiger partial charge in [0.2, 0.25) is 10.0 Å². The number of nitrogens with zero attached hydrogens (tertiary/aromatic N) is 1. The van der Waals surface area contributed by atoms with Gasteiger partial charge in [0, 0.05) is 13.6 Å². The Labute approximate surface area is 155 Å². The molecule has 2 rings (SSSR count). The summed E-state index contributed by atoms with van der Waals surface area (Å²) in [6.45, 7) is 3.72. The number of hydrogen-bond donors (Lipinski definition) is 1. The summed E-state index contributed by atoms with van der Waals surface area (Å²) in [6.07, 6.45) is -0.999. The van der Waals surface area contributed by atoms with Gasteiger partial charge in [0.05, 0.1) is 25.2 Å². The number of likely N-dealkylation sites (N-methyl/N-ethyl adjacent to an activating group) is 1. The number of methoxy groups -OCH3 is 2. The van der Waals surface area contributed by atoms with Gasteiger partial charge in [-0.2, -0.15) is 4.31 Å². The Morgan fingerprint density at radius 1 is 1.00 bits per heavy atom. The number of rotatable bonds is 7. The van der Waals surface area contributed by atoms with Gasteiger partial charge in [-0.05, 0) is 54.8 Å². The average molecular weight is 379 g/mol. The van der Waals surface area contributed by atoms with Gasteiger partial charge in [-0.25, -0.2) is 8.42 Å². The van der Waals surface area contributed by atoms with Crippen LogP contribution in [0.1, 0.15) is 22.8 Å². The Balaban J connectivity index is 2.22. The molecule has 1 atom stereocenters. The van der Waals surface area contributed by atoms with Gasteiger partial charge in [-0.15, -0.1) is 0 Å². The Bertz CT molecular complexity index is 879. The van der Waals surface area contributed by atoms with E-state index in [0.29, 0.717) is 17.1 Å². The first-order valence-corrected chi connectivity index (χ1v) is 9.58. The summed E-state index contributed by atoms with van der Waals surface area (Å²) in [6, 6.07) is 10.00.